The van der Waals surface area contributed by atoms with Crippen LogP contribution in [0.5, 0.6) is 5.75 Å². The number of fused-ring (bicyclic) bond motifs is 1. The molecule has 9 heteroatoms. The molecule has 4 aromatic rings. The first-order chi connectivity index (χ1) is 18.0. The molecule has 37 heavy (non-hydrogen) atoms. The van der Waals surface area contributed by atoms with Gasteiger partial charge in [-0.1, -0.05) is 43.5 Å². The van der Waals surface area contributed by atoms with Crippen molar-refractivity contribution in [1.29, 1.82) is 0 Å². The summed E-state index contributed by atoms with van der Waals surface area (Å²) in [5.41, 5.74) is 2.12. The highest BCUT2D eigenvalue weighted by atomic mass is 127. The summed E-state index contributed by atoms with van der Waals surface area (Å²) in [6.45, 7) is 0.216. The largest absolute Gasteiger partial charge is 0.488 e. The Kier molecular flexibility index (Phi) is 7.59. The van der Waals surface area contributed by atoms with Gasteiger partial charge in [-0.05, 0) is 76.9 Å². The molecule has 1 aliphatic carbocycles. The van der Waals surface area contributed by atoms with Gasteiger partial charge in [-0.25, -0.2) is 4.98 Å². The van der Waals surface area contributed by atoms with Gasteiger partial charge >= 0.3 is 0 Å². The number of nitrogens with zero attached hydrogens (tertiary/aromatic N) is 4. The Morgan fingerprint density at radius 2 is 1.89 bits per heavy atom. The Hall–Kier alpha value is -3.60. The molecule has 188 valence electrons. The molecule has 0 aliphatic heterocycles. The molecule has 1 fully saturated rings. The summed E-state index contributed by atoms with van der Waals surface area (Å²) in [5, 5.41) is 16.2. The van der Waals surface area contributed by atoms with Crippen molar-refractivity contribution >= 4 is 45.4 Å². The second kappa shape index (κ2) is 11.2. The Morgan fingerprint density at radius 1 is 1.08 bits per heavy atom. The third kappa shape index (κ3) is 5.71. The van der Waals surface area contributed by atoms with E-state index in [-0.39, 0.29) is 23.8 Å². The summed E-state index contributed by atoms with van der Waals surface area (Å²) in [6.07, 6.45) is 7.17. The highest BCUT2D eigenvalue weighted by Gasteiger charge is 2.22. The summed E-state index contributed by atoms with van der Waals surface area (Å²) < 4.78 is 8.24. The minimum absolute atomic E-state index is 0.0355. The topological polar surface area (TPSA) is 99.6 Å². The van der Waals surface area contributed by atoms with Crippen LogP contribution < -0.4 is 10.3 Å². The SMILES string of the molecule is O=c1c2ccccc2nc(C2CCCCC2)n1N=Cc1ccc(OCc2cccc([N+](=O)[O-])c2)c(I)c1. The van der Waals surface area contributed by atoms with E-state index in [0.717, 1.165) is 40.6 Å². The van der Waals surface area contributed by atoms with Crippen LogP contribution in [0.25, 0.3) is 10.9 Å². The number of halogens is 1. The van der Waals surface area contributed by atoms with Crippen LogP contribution in [-0.4, -0.2) is 20.8 Å². The molecule has 1 aliphatic rings. The first-order valence-electron chi connectivity index (χ1n) is 12.2. The van der Waals surface area contributed by atoms with Crippen LogP contribution in [-0.2, 0) is 6.61 Å². The van der Waals surface area contributed by atoms with Gasteiger partial charge in [0.25, 0.3) is 11.2 Å². The van der Waals surface area contributed by atoms with E-state index in [2.05, 4.69) is 27.7 Å². The van der Waals surface area contributed by atoms with Crippen molar-refractivity contribution in [2.45, 2.75) is 44.6 Å². The highest BCUT2D eigenvalue weighted by Crippen LogP contribution is 2.32. The zero-order chi connectivity index (χ0) is 25.8. The molecule has 3 aromatic carbocycles. The van der Waals surface area contributed by atoms with Gasteiger partial charge in [0, 0.05) is 18.1 Å². The molecule has 0 atom stereocenters. The smallest absolute Gasteiger partial charge is 0.282 e. The third-order valence-corrected chi connectivity index (χ3v) is 7.39. The molecule has 0 radical (unpaired) electrons. The molecule has 1 aromatic heterocycles. The maximum Gasteiger partial charge on any atom is 0.282 e. The molecular formula is C28H25IN4O4. The number of nitro groups is 1. The quantitative estimate of drug-likeness (QED) is 0.104. The van der Waals surface area contributed by atoms with E-state index in [9.17, 15) is 14.9 Å². The normalized spacial score (nSPS) is 14.3. The Labute approximate surface area is 227 Å². The van der Waals surface area contributed by atoms with Gasteiger partial charge in [-0.3, -0.25) is 14.9 Å². The van der Waals surface area contributed by atoms with Gasteiger partial charge in [0.05, 0.1) is 25.6 Å². The Morgan fingerprint density at radius 3 is 2.68 bits per heavy atom. The number of para-hydroxylation sites is 1. The lowest BCUT2D eigenvalue weighted by Crippen LogP contribution is -2.25. The first-order valence-corrected chi connectivity index (χ1v) is 13.3. The number of hydrogen-bond acceptors (Lipinski definition) is 6. The number of aromatic nitrogens is 2. The van der Waals surface area contributed by atoms with Crippen molar-refractivity contribution in [3.63, 3.8) is 0 Å². The standard InChI is InChI=1S/C28H25IN4O4/c29-24-16-19(13-14-26(24)37-18-20-7-6-10-22(15-20)33(35)36)17-30-32-27(21-8-2-1-3-9-21)31-25-12-5-4-11-23(25)28(32)34/h4-7,10-17,21H,1-3,8-9,18H2. The molecule has 5 rings (SSSR count). The lowest BCUT2D eigenvalue weighted by atomic mass is 9.88. The minimum atomic E-state index is -0.419. The fraction of sp³-hybridized carbons (Fsp3) is 0.250. The molecule has 1 saturated carbocycles. The molecule has 0 unspecified atom stereocenters. The van der Waals surface area contributed by atoms with Gasteiger partial charge < -0.3 is 4.74 Å². The minimum Gasteiger partial charge on any atom is -0.488 e. The third-order valence-electron chi connectivity index (χ3n) is 6.54. The van der Waals surface area contributed by atoms with Gasteiger partial charge in [-0.15, -0.1) is 0 Å². The number of nitro benzene ring substituents is 1. The van der Waals surface area contributed by atoms with Crippen molar-refractivity contribution in [3.05, 3.63) is 108 Å². The predicted molar refractivity (Wildman–Crippen MR) is 151 cm³/mol. The van der Waals surface area contributed by atoms with Crippen molar-refractivity contribution in [2.75, 3.05) is 0 Å². The summed E-state index contributed by atoms with van der Waals surface area (Å²) in [4.78, 5) is 28.8. The fourth-order valence-corrected chi connectivity index (χ4v) is 5.33. The number of rotatable bonds is 7. The van der Waals surface area contributed by atoms with Crippen LogP contribution >= 0.6 is 22.6 Å². The van der Waals surface area contributed by atoms with E-state index < -0.39 is 4.92 Å². The van der Waals surface area contributed by atoms with Crippen LogP contribution in [0.4, 0.5) is 5.69 Å². The van der Waals surface area contributed by atoms with Crippen molar-refractivity contribution in [2.24, 2.45) is 5.10 Å². The van der Waals surface area contributed by atoms with Crippen molar-refractivity contribution < 1.29 is 9.66 Å². The zero-order valence-corrected chi connectivity index (χ0v) is 22.2. The van der Waals surface area contributed by atoms with E-state index in [1.54, 1.807) is 24.4 Å². The molecule has 0 bridgehead atoms. The van der Waals surface area contributed by atoms with Crippen LogP contribution in [0, 0.1) is 13.7 Å². The van der Waals surface area contributed by atoms with E-state index >= 15 is 0 Å². The van der Waals surface area contributed by atoms with E-state index in [1.165, 1.54) is 23.2 Å². The van der Waals surface area contributed by atoms with E-state index in [4.69, 9.17) is 9.72 Å². The van der Waals surface area contributed by atoms with Gasteiger partial charge in [0.2, 0.25) is 0 Å². The lowest BCUT2D eigenvalue weighted by molar-refractivity contribution is -0.384. The Bertz CT molecular complexity index is 1540. The fourth-order valence-electron chi connectivity index (χ4n) is 4.64. The van der Waals surface area contributed by atoms with Crippen LogP contribution in [0.1, 0.15) is 55.0 Å². The first kappa shape index (κ1) is 25.1. The summed E-state index contributed by atoms with van der Waals surface area (Å²) in [5.74, 6) is 1.61. The molecule has 0 N–H and O–H groups in total. The molecule has 0 saturated heterocycles. The van der Waals surface area contributed by atoms with Gasteiger partial charge in [-0.2, -0.15) is 9.78 Å². The van der Waals surface area contributed by atoms with Crippen LogP contribution in [0.2, 0.25) is 0 Å². The number of non-ortho nitro benzene ring substituents is 1. The molecule has 8 nitrogen and oxygen atoms in total. The number of ether oxygens (including phenoxy) is 1. The predicted octanol–water partition coefficient (Wildman–Crippen LogP) is 6.42. The average molecular weight is 608 g/mol. The number of hydrogen-bond donors (Lipinski definition) is 0. The van der Waals surface area contributed by atoms with Crippen molar-refractivity contribution in [1.82, 2.24) is 9.66 Å². The van der Waals surface area contributed by atoms with Crippen molar-refractivity contribution in [3.8, 4) is 5.75 Å². The maximum atomic E-state index is 13.4. The average Bonchev–Trinajstić information content (AvgIpc) is 2.92. The molecular weight excluding hydrogens is 583 g/mol. The van der Waals surface area contributed by atoms with Crippen LogP contribution in [0.3, 0.4) is 0 Å². The van der Waals surface area contributed by atoms with E-state index in [1.807, 2.05) is 36.4 Å². The zero-order valence-electron chi connectivity index (χ0n) is 20.0. The summed E-state index contributed by atoms with van der Waals surface area (Å²) in [6, 6.07) is 19.4. The molecule has 0 spiro atoms. The molecule has 0 amide bonds. The van der Waals surface area contributed by atoms with Crippen LogP contribution in [0.15, 0.2) is 76.6 Å². The Balaban J connectivity index is 1.39. The highest BCUT2D eigenvalue weighted by molar-refractivity contribution is 14.1. The lowest BCUT2D eigenvalue weighted by Gasteiger charge is -2.22. The summed E-state index contributed by atoms with van der Waals surface area (Å²) >= 11 is 2.18. The van der Waals surface area contributed by atoms with E-state index in [0.29, 0.717) is 22.2 Å². The molecule has 1 heterocycles. The summed E-state index contributed by atoms with van der Waals surface area (Å²) in [7, 11) is 0. The second-order valence-electron chi connectivity index (χ2n) is 9.09. The van der Waals surface area contributed by atoms with Gasteiger partial charge in [0.15, 0.2) is 0 Å². The number of benzene rings is 3. The maximum absolute atomic E-state index is 13.4. The van der Waals surface area contributed by atoms with Gasteiger partial charge in [0.1, 0.15) is 18.2 Å². The monoisotopic (exact) mass is 608 g/mol. The second-order valence-corrected chi connectivity index (χ2v) is 10.3.